The lowest BCUT2D eigenvalue weighted by Crippen LogP contribution is -2.40. The summed E-state index contributed by atoms with van der Waals surface area (Å²) in [4.78, 5) is 14.0. The van der Waals surface area contributed by atoms with Gasteiger partial charge < -0.3 is 20.1 Å². The molecule has 1 aliphatic rings. The van der Waals surface area contributed by atoms with Crippen molar-refractivity contribution in [3.8, 4) is 11.5 Å². The Morgan fingerprint density at radius 2 is 2.15 bits per heavy atom. The fourth-order valence-corrected chi connectivity index (χ4v) is 2.54. The maximum atomic E-state index is 12.1. The first-order valence-corrected chi connectivity index (χ1v) is 7.01. The molecule has 5 nitrogen and oxygen atoms in total. The van der Waals surface area contributed by atoms with Crippen LogP contribution in [0.5, 0.6) is 11.5 Å². The van der Waals surface area contributed by atoms with Crippen LogP contribution < -0.4 is 15.2 Å². The number of hydrogen-bond donors (Lipinski definition) is 1. The summed E-state index contributed by atoms with van der Waals surface area (Å²) in [6.45, 7) is 1.71. The summed E-state index contributed by atoms with van der Waals surface area (Å²) < 4.78 is 10.8. The van der Waals surface area contributed by atoms with Gasteiger partial charge in [-0.25, -0.2) is 0 Å². The van der Waals surface area contributed by atoms with Crippen LogP contribution >= 0.6 is 0 Å². The monoisotopic (exact) mass is 278 g/mol. The molecule has 0 spiro atoms. The molecule has 0 bridgehead atoms. The van der Waals surface area contributed by atoms with Crippen molar-refractivity contribution in [1.29, 1.82) is 0 Å². The standard InChI is InChI=1S/C15H22N2O3/c1-19-13-6-2-3-7-14(13)20-10-8-15(18)17-9-4-5-12(17)11-16/h2-3,6-7,12H,4-5,8-11,16H2,1H3/t12-/m0/s1. The molecule has 1 aromatic rings. The molecule has 0 radical (unpaired) electrons. The fraction of sp³-hybridized carbons (Fsp3) is 0.533. The molecule has 1 saturated heterocycles. The quantitative estimate of drug-likeness (QED) is 0.854. The molecule has 0 saturated carbocycles. The van der Waals surface area contributed by atoms with Gasteiger partial charge in [-0.05, 0) is 25.0 Å². The van der Waals surface area contributed by atoms with Gasteiger partial charge in [-0.15, -0.1) is 0 Å². The summed E-state index contributed by atoms with van der Waals surface area (Å²) in [6, 6.07) is 7.63. The molecular formula is C15H22N2O3. The first-order chi connectivity index (χ1) is 9.76. The van der Waals surface area contributed by atoms with Gasteiger partial charge in [0, 0.05) is 19.1 Å². The fourth-order valence-electron chi connectivity index (χ4n) is 2.54. The smallest absolute Gasteiger partial charge is 0.226 e. The molecular weight excluding hydrogens is 256 g/mol. The van der Waals surface area contributed by atoms with Crippen LogP contribution in [0.1, 0.15) is 19.3 Å². The second-order valence-electron chi connectivity index (χ2n) is 4.87. The number of carbonyl (C=O) groups is 1. The zero-order valence-electron chi connectivity index (χ0n) is 11.9. The predicted molar refractivity (Wildman–Crippen MR) is 76.9 cm³/mol. The van der Waals surface area contributed by atoms with E-state index < -0.39 is 0 Å². The molecule has 1 heterocycles. The first kappa shape index (κ1) is 14.7. The lowest BCUT2D eigenvalue weighted by molar-refractivity contribution is -0.132. The minimum Gasteiger partial charge on any atom is -0.493 e. The molecule has 5 heteroatoms. The molecule has 20 heavy (non-hydrogen) atoms. The molecule has 1 amide bonds. The third-order valence-corrected chi connectivity index (χ3v) is 3.61. The van der Waals surface area contributed by atoms with Crippen LogP contribution in [0.2, 0.25) is 0 Å². The minimum absolute atomic E-state index is 0.118. The van der Waals surface area contributed by atoms with Gasteiger partial charge >= 0.3 is 0 Å². The minimum atomic E-state index is 0.118. The van der Waals surface area contributed by atoms with Crippen LogP contribution in [0, 0.1) is 0 Å². The van der Waals surface area contributed by atoms with E-state index in [0.29, 0.717) is 31.1 Å². The predicted octanol–water partition coefficient (Wildman–Crippen LogP) is 1.41. The highest BCUT2D eigenvalue weighted by Gasteiger charge is 2.27. The average molecular weight is 278 g/mol. The number of methoxy groups -OCH3 is 1. The highest BCUT2D eigenvalue weighted by atomic mass is 16.5. The third-order valence-electron chi connectivity index (χ3n) is 3.61. The SMILES string of the molecule is COc1ccccc1OCCC(=O)N1CCC[C@H]1CN. The highest BCUT2D eigenvalue weighted by Crippen LogP contribution is 2.26. The number of carbonyl (C=O) groups excluding carboxylic acids is 1. The van der Waals surface area contributed by atoms with E-state index >= 15 is 0 Å². The number of para-hydroxylation sites is 2. The van der Waals surface area contributed by atoms with E-state index in [-0.39, 0.29) is 11.9 Å². The molecule has 1 atom stereocenters. The van der Waals surface area contributed by atoms with Crippen molar-refractivity contribution >= 4 is 5.91 Å². The lowest BCUT2D eigenvalue weighted by atomic mass is 10.2. The summed E-state index contributed by atoms with van der Waals surface area (Å²) >= 11 is 0. The summed E-state index contributed by atoms with van der Waals surface area (Å²) in [6.07, 6.45) is 2.42. The van der Waals surface area contributed by atoms with Crippen LogP contribution in [-0.2, 0) is 4.79 Å². The molecule has 2 rings (SSSR count). The zero-order chi connectivity index (χ0) is 14.4. The molecule has 1 aliphatic heterocycles. The van der Waals surface area contributed by atoms with E-state index in [1.54, 1.807) is 7.11 Å². The largest absolute Gasteiger partial charge is 0.493 e. The van der Waals surface area contributed by atoms with E-state index in [0.717, 1.165) is 19.4 Å². The number of rotatable bonds is 6. The Bertz CT molecular complexity index is 450. The van der Waals surface area contributed by atoms with Crippen LogP contribution in [0.3, 0.4) is 0 Å². The Morgan fingerprint density at radius 3 is 2.85 bits per heavy atom. The average Bonchev–Trinajstić information content (AvgIpc) is 2.96. The van der Waals surface area contributed by atoms with Gasteiger partial charge in [-0.3, -0.25) is 4.79 Å². The normalized spacial score (nSPS) is 18.1. The van der Waals surface area contributed by atoms with Crippen molar-refractivity contribution in [3.05, 3.63) is 24.3 Å². The number of benzene rings is 1. The van der Waals surface area contributed by atoms with Gasteiger partial charge in [-0.1, -0.05) is 12.1 Å². The number of amides is 1. The summed E-state index contributed by atoms with van der Waals surface area (Å²) in [5, 5.41) is 0. The van der Waals surface area contributed by atoms with Crippen molar-refractivity contribution < 1.29 is 14.3 Å². The molecule has 1 aromatic carbocycles. The lowest BCUT2D eigenvalue weighted by Gasteiger charge is -2.23. The van der Waals surface area contributed by atoms with Crippen LogP contribution in [0.4, 0.5) is 0 Å². The van der Waals surface area contributed by atoms with Gasteiger partial charge in [0.15, 0.2) is 11.5 Å². The third kappa shape index (κ3) is 3.42. The summed E-state index contributed by atoms with van der Waals surface area (Å²) in [5.41, 5.74) is 5.68. The Balaban J connectivity index is 1.82. The number of nitrogens with zero attached hydrogens (tertiary/aromatic N) is 1. The Kier molecular flexibility index (Phi) is 5.24. The van der Waals surface area contributed by atoms with E-state index in [1.165, 1.54) is 0 Å². The van der Waals surface area contributed by atoms with Crippen molar-refractivity contribution in [1.82, 2.24) is 4.90 Å². The van der Waals surface area contributed by atoms with Crippen LogP contribution in [-0.4, -0.2) is 43.7 Å². The summed E-state index contributed by atoms with van der Waals surface area (Å²) in [5.74, 6) is 1.47. The summed E-state index contributed by atoms with van der Waals surface area (Å²) in [7, 11) is 1.60. The first-order valence-electron chi connectivity index (χ1n) is 7.01. The zero-order valence-corrected chi connectivity index (χ0v) is 11.9. The highest BCUT2D eigenvalue weighted by molar-refractivity contribution is 5.77. The number of nitrogens with two attached hydrogens (primary N) is 1. The van der Waals surface area contributed by atoms with Crippen molar-refractivity contribution in [3.63, 3.8) is 0 Å². The molecule has 2 N–H and O–H groups in total. The molecule has 0 unspecified atom stereocenters. The topological polar surface area (TPSA) is 64.8 Å². The Hall–Kier alpha value is -1.75. The molecule has 0 aliphatic carbocycles. The van der Waals surface area contributed by atoms with Gasteiger partial charge in [0.1, 0.15) is 0 Å². The number of ether oxygens (including phenoxy) is 2. The van der Waals surface area contributed by atoms with E-state index in [2.05, 4.69) is 0 Å². The Morgan fingerprint density at radius 1 is 1.40 bits per heavy atom. The van der Waals surface area contributed by atoms with Gasteiger partial charge in [0.25, 0.3) is 0 Å². The number of likely N-dealkylation sites (tertiary alicyclic amines) is 1. The van der Waals surface area contributed by atoms with E-state index in [9.17, 15) is 4.79 Å². The van der Waals surface area contributed by atoms with Gasteiger partial charge in [0.05, 0.1) is 20.1 Å². The number of hydrogen-bond acceptors (Lipinski definition) is 4. The molecule has 1 fully saturated rings. The van der Waals surface area contributed by atoms with Gasteiger partial charge in [-0.2, -0.15) is 0 Å². The van der Waals surface area contributed by atoms with Crippen LogP contribution in [0.15, 0.2) is 24.3 Å². The second kappa shape index (κ2) is 7.14. The van der Waals surface area contributed by atoms with Crippen molar-refractivity contribution in [2.45, 2.75) is 25.3 Å². The Labute approximate surface area is 119 Å². The van der Waals surface area contributed by atoms with Crippen molar-refractivity contribution in [2.75, 3.05) is 26.8 Å². The van der Waals surface area contributed by atoms with Crippen LogP contribution in [0.25, 0.3) is 0 Å². The van der Waals surface area contributed by atoms with Crippen molar-refractivity contribution in [2.24, 2.45) is 5.73 Å². The maximum Gasteiger partial charge on any atom is 0.226 e. The van der Waals surface area contributed by atoms with Gasteiger partial charge in [0.2, 0.25) is 5.91 Å². The molecule has 0 aromatic heterocycles. The van der Waals surface area contributed by atoms with E-state index in [1.807, 2.05) is 29.2 Å². The van der Waals surface area contributed by atoms with E-state index in [4.69, 9.17) is 15.2 Å². The maximum absolute atomic E-state index is 12.1. The molecule has 110 valence electrons. The second-order valence-corrected chi connectivity index (χ2v) is 4.87.